The highest BCUT2D eigenvalue weighted by Crippen LogP contribution is 2.29. The number of carbonyl (C=O) groups is 1. The molecule has 30 heavy (non-hydrogen) atoms. The summed E-state index contributed by atoms with van der Waals surface area (Å²) >= 11 is 0. The van der Waals surface area contributed by atoms with Gasteiger partial charge in [-0.1, -0.05) is 12.1 Å². The van der Waals surface area contributed by atoms with Gasteiger partial charge in [-0.15, -0.1) is 0 Å². The molecule has 1 saturated carbocycles. The average molecular weight is 413 g/mol. The third-order valence-corrected chi connectivity index (χ3v) is 6.47. The zero-order valence-electron chi connectivity index (χ0n) is 18.0. The summed E-state index contributed by atoms with van der Waals surface area (Å²) in [5, 5.41) is 7.38. The lowest BCUT2D eigenvalue weighted by molar-refractivity contribution is -0.123. The molecule has 7 nitrogen and oxygen atoms in total. The van der Waals surface area contributed by atoms with Gasteiger partial charge >= 0.3 is 0 Å². The minimum absolute atomic E-state index is 0.160. The number of benzene rings is 1. The van der Waals surface area contributed by atoms with E-state index in [9.17, 15) is 4.79 Å². The highest BCUT2D eigenvalue weighted by atomic mass is 16.5. The van der Waals surface area contributed by atoms with Crippen molar-refractivity contribution >= 4 is 5.91 Å². The number of nitrogens with zero attached hydrogens (tertiary/aromatic N) is 3. The van der Waals surface area contributed by atoms with Crippen LogP contribution in [-0.2, 0) is 4.79 Å². The van der Waals surface area contributed by atoms with Crippen LogP contribution < -0.4 is 10.1 Å². The molecule has 0 unspecified atom stereocenters. The first-order chi connectivity index (χ1) is 14.6. The molecule has 0 atom stereocenters. The maximum atomic E-state index is 12.4. The first kappa shape index (κ1) is 20.8. The summed E-state index contributed by atoms with van der Waals surface area (Å²) in [4.78, 5) is 19.3. The van der Waals surface area contributed by atoms with Gasteiger partial charge in [0.1, 0.15) is 5.75 Å². The number of nitrogens with one attached hydrogen (secondary N) is 1. The fraction of sp³-hybridized carbons (Fsp3) is 0.609. The Morgan fingerprint density at radius 3 is 2.50 bits per heavy atom. The smallest absolute Gasteiger partial charge is 0.234 e. The Hall–Kier alpha value is -2.41. The van der Waals surface area contributed by atoms with Gasteiger partial charge in [0, 0.05) is 17.5 Å². The van der Waals surface area contributed by atoms with Crippen LogP contribution in [0.5, 0.6) is 5.75 Å². The van der Waals surface area contributed by atoms with Crippen molar-refractivity contribution in [1.82, 2.24) is 20.4 Å². The van der Waals surface area contributed by atoms with Gasteiger partial charge in [0.25, 0.3) is 0 Å². The molecule has 0 spiro atoms. The van der Waals surface area contributed by atoms with Crippen LogP contribution in [0.2, 0.25) is 0 Å². The van der Waals surface area contributed by atoms with Crippen molar-refractivity contribution in [3.8, 4) is 17.1 Å². The molecule has 2 aromatic rings. The van der Waals surface area contributed by atoms with E-state index in [0.717, 1.165) is 56.0 Å². The molecule has 2 fully saturated rings. The largest absolute Gasteiger partial charge is 0.497 e. The van der Waals surface area contributed by atoms with E-state index in [2.05, 4.69) is 27.3 Å². The second-order valence-electron chi connectivity index (χ2n) is 8.76. The third-order valence-electron chi connectivity index (χ3n) is 6.47. The second-order valence-corrected chi connectivity index (χ2v) is 8.76. The number of piperidine rings is 1. The molecule has 7 heteroatoms. The van der Waals surface area contributed by atoms with Gasteiger partial charge in [0.15, 0.2) is 0 Å². The van der Waals surface area contributed by atoms with Crippen LogP contribution in [0.1, 0.15) is 57.3 Å². The van der Waals surface area contributed by atoms with Crippen molar-refractivity contribution in [1.29, 1.82) is 0 Å². The number of ether oxygens (including phenoxy) is 1. The van der Waals surface area contributed by atoms with Gasteiger partial charge in [-0.25, -0.2) is 0 Å². The zero-order valence-corrected chi connectivity index (χ0v) is 18.0. The van der Waals surface area contributed by atoms with Crippen LogP contribution >= 0.6 is 0 Å². The number of rotatable bonds is 6. The molecule has 1 N–H and O–H groups in total. The van der Waals surface area contributed by atoms with Gasteiger partial charge in [-0.3, -0.25) is 9.69 Å². The molecule has 2 heterocycles. The van der Waals surface area contributed by atoms with Crippen molar-refractivity contribution in [2.75, 3.05) is 26.7 Å². The van der Waals surface area contributed by atoms with Gasteiger partial charge in [0.05, 0.1) is 13.7 Å². The molecule has 1 aliphatic carbocycles. The van der Waals surface area contributed by atoms with E-state index in [1.165, 1.54) is 12.8 Å². The van der Waals surface area contributed by atoms with Crippen LogP contribution in [-0.4, -0.2) is 53.7 Å². The summed E-state index contributed by atoms with van der Waals surface area (Å²) in [7, 11) is 1.65. The van der Waals surface area contributed by atoms with Gasteiger partial charge in [0.2, 0.25) is 17.6 Å². The quantitative estimate of drug-likeness (QED) is 0.781. The van der Waals surface area contributed by atoms with E-state index in [4.69, 9.17) is 9.26 Å². The molecule has 1 aliphatic heterocycles. The molecule has 162 valence electrons. The number of hydrogen-bond donors (Lipinski definition) is 1. The first-order valence-corrected chi connectivity index (χ1v) is 11.1. The second kappa shape index (κ2) is 9.60. The Kier molecular flexibility index (Phi) is 6.67. The van der Waals surface area contributed by atoms with Crippen LogP contribution in [0.3, 0.4) is 0 Å². The SMILES string of the molecule is COc1ccc(-c2noc(C3CCN(CC(=O)NC4CCC(C)CC4)CC3)n2)cc1. The number of hydrogen-bond acceptors (Lipinski definition) is 6. The predicted molar refractivity (Wildman–Crippen MR) is 114 cm³/mol. The molecular weight excluding hydrogens is 380 g/mol. The number of methoxy groups -OCH3 is 1. The minimum Gasteiger partial charge on any atom is -0.497 e. The van der Waals surface area contributed by atoms with E-state index < -0.39 is 0 Å². The van der Waals surface area contributed by atoms with E-state index in [1.807, 2.05) is 24.3 Å². The van der Waals surface area contributed by atoms with Crippen molar-refractivity contribution in [3.63, 3.8) is 0 Å². The topological polar surface area (TPSA) is 80.5 Å². The van der Waals surface area contributed by atoms with Crippen LogP contribution in [0.25, 0.3) is 11.4 Å². The molecule has 2 aliphatic rings. The summed E-state index contributed by atoms with van der Waals surface area (Å²) in [6.45, 7) is 4.53. The highest BCUT2D eigenvalue weighted by Gasteiger charge is 2.27. The number of amides is 1. The normalized spacial score (nSPS) is 23.3. The Morgan fingerprint density at radius 1 is 1.13 bits per heavy atom. The molecule has 1 saturated heterocycles. The van der Waals surface area contributed by atoms with E-state index >= 15 is 0 Å². The summed E-state index contributed by atoms with van der Waals surface area (Å²) in [5.74, 6) is 3.32. The van der Waals surface area contributed by atoms with Crippen LogP contribution in [0, 0.1) is 5.92 Å². The molecule has 1 amide bonds. The molecule has 0 bridgehead atoms. The Balaban J connectivity index is 1.24. The Labute approximate surface area is 178 Å². The molecule has 4 rings (SSSR count). The summed E-state index contributed by atoms with van der Waals surface area (Å²) in [5.41, 5.74) is 0.914. The predicted octanol–water partition coefficient (Wildman–Crippen LogP) is 3.62. The molecule has 0 radical (unpaired) electrons. The number of likely N-dealkylation sites (tertiary alicyclic amines) is 1. The van der Waals surface area contributed by atoms with Gasteiger partial charge in [-0.05, 0) is 81.8 Å². The Bertz CT molecular complexity index is 819. The maximum Gasteiger partial charge on any atom is 0.234 e. The maximum absolute atomic E-state index is 12.4. The van der Waals surface area contributed by atoms with E-state index in [0.29, 0.717) is 24.3 Å². The van der Waals surface area contributed by atoms with Crippen LogP contribution in [0.4, 0.5) is 0 Å². The number of aromatic nitrogens is 2. The average Bonchev–Trinajstić information content (AvgIpc) is 3.26. The molecular formula is C23H32N4O3. The third kappa shape index (κ3) is 5.19. The van der Waals surface area contributed by atoms with Crippen molar-refractivity contribution in [3.05, 3.63) is 30.2 Å². The van der Waals surface area contributed by atoms with Crippen LogP contribution in [0.15, 0.2) is 28.8 Å². The summed E-state index contributed by atoms with van der Waals surface area (Å²) in [6.07, 6.45) is 6.53. The highest BCUT2D eigenvalue weighted by molar-refractivity contribution is 5.78. The molecule has 1 aromatic carbocycles. The lowest BCUT2D eigenvalue weighted by atomic mass is 9.87. The lowest BCUT2D eigenvalue weighted by Crippen LogP contribution is -2.45. The van der Waals surface area contributed by atoms with Gasteiger partial charge < -0.3 is 14.6 Å². The number of carbonyl (C=O) groups excluding carboxylic acids is 1. The summed E-state index contributed by atoms with van der Waals surface area (Å²) in [6, 6.07) is 8.01. The standard InChI is InChI=1S/C23H32N4O3/c1-16-3-7-19(8-4-16)24-21(28)15-27-13-11-18(12-14-27)23-25-22(26-30-23)17-5-9-20(29-2)10-6-17/h5-6,9-10,16,18-19H,3-4,7-8,11-15H2,1-2H3,(H,24,28). The van der Waals surface area contributed by atoms with Gasteiger partial charge in [-0.2, -0.15) is 4.98 Å². The zero-order chi connectivity index (χ0) is 20.9. The Morgan fingerprint density at radius 2 is 1.83 bits per heavy atom. The minimum atomic E-state index is 0.160. The fourth-order valence-corrected chi connectivity index (χ4v) is 4.48. The molecule has 1 aromatic heterocycles. The first-order valence-electron chi connectivity index (χ1n) is 11.1. The van der Waals surface area contributed by atoms with E-state index in [1.54, 1.807) is 7.11 Å². The lowest BCUT2D eigenvalue weighted by Gasteiger charge is -2.31. The van der Waals surface area contributed by atoms with E-state index in [-0.39, 0.29) is 11.8 Å². The monoisotopic (exact) mass is 412 g/mol. The fourth-order valence-electron chi connectivity index (χ4n) is 4.48. The van der Waals surface area contributed by atoms with Crippen molar-refractivity contribution in [2.45, 2.75) is 57.4 Å². The van der Waals surface area contributed by atoms with Crippen molar-refractivity contribution < 1.29 is 14.1 Å². The van der Waals surface area contributed by atoms with Crippen molar-refractivity contribution in [2.24, 2.45) is 5.92 Å². The summed E-state index contributed by atoms with van der Waals surface area (Å²) < 4.78 is 10.7.